The maximum Gasteiger partial charge on any atom is 0.255 e. The van der Waals surface area contributed by atoms with Crippen LogP contribution in [0.4, 0.5) is 11.4 Å². The number of benzene rings is 2. The van der Waals surface area contributed by atoms with E-state index in [2.05, 4.69) is 24.6 Å². The second kappa shape index (κ2) is 6.41. The van der Waals surface area contributed by atoms with Crippen molar-refractivity contribution in [2.24, 2.45) is 5.84 Å². The largest absolute Gasteiger partial charge is 0.324 e. The first-order valence-corrected chi connectivity index (χ1v) is 7.00. The van der Waals surface area contributed by atoms with Crippen LogP contribution in [0.25, 0.3) is 0 Å². The predicted molar refractivity (Wildman–Crippen MR) is 87.5 cm³/mol. The lowest BCUT2D eigenvalue weighted by Gasteiger charge is -2.14. The average Bonchev–Trinajstić information content (AvgIpc) is 2.47. The molecule has 0 spiro atoms. The van der Waals surface area contributed by atoms with Crippen molar-refractivity contribution in [1.82, 2.24) is 0 Å². The predicted octanol–water partition coefficient (Wildman–Crippen LogP) is 3.66. The molecule has 0 atom stereocenters. The lowest BCUT2D eigenvalue weighted by atomic mass is 10.0. The van der Waals surface area contributed by atoms with Crippen LogP contribution in [0.2, 0.25) is 0 Å². The van der Waals surface area contributed by atoms with Gasteiger partial charge in [-0.2, -0.15) is 0 Å². The van der Waals surface area contributed by atoms with Gasteiger partial charge in [0.15, 0.2) is 0 Å². The van der Waals surface area contributed by atoms with E-state index in [4.69, 9.17) is 5.84 Å². The van der Waals surface area contributed by atoms with Crippen LogP contribution in [0.15, 0.2) is 42.5 Å². The minimum atomic E-state index is -0.116. The summed E-state index contributed by atoms with van der Waals surface area (Å²) >= 11 is 0. The molecule has 0 saturated heterocycles. The highest BCUT2D eigenvalue weighted by atomic mass is 16.1. The van der Waals surface area contributed by atoms with Gasteiger partial charge < -0.3 is 10.7 Å². The van der Waals surface area contributed by atoms with Gasteiger partial charge in [0.1, 0.15) is 0 Å². The van der Waals surface area contributed by atoms with Crippen LogP contribution in [0.3, 0.4) is 0 Å². The number of anilines is 2. The molecule has 4 N–H and O–H groups in total. The van der Waals surface area contributed by atoms with E-state index < -0.39 is 0 Å². The SMILES string of the molecule is Cc1cc(C(=O)Nc2ccccc2C(C)C)ccc1NN. The molecule has 0 radical (unpaired) electrons. The molecule has 110 valence electrons. The van der Waals surface area contributed by atoms with Gasteiger partial charge in [0.05, 0.1) is 5.69 Å². The van der Waals surface area contributed by atoms with E-state index in [0.717, 1.165) is 22.5 Å². The fourth-order valence-corrected chi connectivity index (χ4v) is 2.28. The number of hydrazine groups is 1. The summed E-state index contributed by atoms with van der Waals surface area (Å²) in [7, 11) is 0. The minimum Gasteiger partial charge on any atom is -0.324 e. The molecule has 0 unspecified atom stereocenters. The Morgan fingerprint density at radius 1 is 1.10 bits per heavy atom. The maximum absolute atomic E-state index is 12.4. The third-order valence-corrected chi connectivity index (χ3v) is 3.48. The van der Waals surface area contributed by atoms with Gasteiger partial charge in [-0.1, -0.05) is 32.0 Å². The first-order valence-electron chi connectivity index (χ1n) is 7.00. The molecule has 2 aromatic rings. The Morgan fingerprint density at radius 2 is 1.81 bits per heavy atom. The van der Waals surface area contributed by atoms with Crippen LogP contribution in [0.5, 0.6) is 0 Å². The number of amides is 1. The second-order valence-electron chi connectivity index (χ2n) is 5.37. The summed E-state index contributed by atoms with van der Waals surface area (Å²) in [5.74, 6) is 5.64. The fourth-order valence-electron chi connectivity index (χ4n) is 2.28. The monoisotopic (exact) mass is 283 g/mol. The number of nitrogens with one attached hydrogen (secondary N) is 2. The van der Waals surface area contributed by atoms with Gasteiger partial charge in [0.2, 0.25) is 0 Å². The van der Waals surface area contributed by atoms with Crippen molar-refractivity contribution in [3.8, 4) is 0 Å². The van der Waals surface area contributed by atoms with E-state index in [-0.39, 0.29) is 5.91 Å². The highest BCUT2D eigenvalue weighted by molar-refractivity contribution is 6.05. The third kappa shape index (κ3) is 3.41. The lowest BCUT2D eigenvalue weighted by Crippen LogP contribution is -2.15. The topological polar surface area (TPSA) is 67.2 Å². The highest BCUT2D eigenvalue weighted by Gasteiger charge is 2.11. The Balaban J connectivity index is 2.24. The quantitative estimate of drug-likeness (QED) is 0.592. The van der Waals surface area contributed by atoms with Gasteiger partial charge in [-0.05, 0) is 48.2 Å². The number of carbonyl (C=O) groups excluding carboxylic acids is 1. The summed E-state index contributed by atoms with van der Waals surface area (Å²) in [6, 6.07) is 13.3. The number of rotatable bonds is 4. The molecule has 1 amide bonds. The smallest absolute Gasteiger partial charge is 0.255 e. The molecule has 0 aliphatic carbocycles. The van der Waals surface area contributed by atoms with Crippen molar-refractivity contribution in [1.29, 1.82) is 0 Å². The Kier molecular flexibility index (Phi) is 4.60. The van der Waals surface area contributed by atoms with Crippen molar-refractivity contribution < 1.29 is 4.79 Å². The molecule has 0 fully saturated rings. The number of nitrogens with two attached hydrogens (primary N) is 1. The molecular weight excluding hydrogens is 262 g/mol. The number of nitrogen functional groups attached to an aromatic ring is 1. The van der Waals surface area contributed by atoms with Crippen molar-refractivity contribution in [2.75, 3.05) is 10.7 Å². The minimum absolute atomic E-state index is 0.116. The van der Waals surface area contributed by atoms with Crippen molar-refractivity contribution in [2.45, 2.75) is 26.7 Å². The van der Waals surface area contributed by atoms with Crippen molar-refractivity contribution in [3.63, 3.8) is 0 Å². The standard InChI is InChI=1S/C17H21N3O/c1-11(2)14-6-4-5-7-16(14)19-17(21)13-8-9-15(20-18)12(3)10-13/h4-11,20H,18H2,1-3H3,(H,19,21). The van der Waals surface area contributed by atoms with Crippen LogP contribution >= 0.6 is 0 Å². The van der Waals surface area contributed by atoms with Crippen LogP contribution in [-0.2, 0) is 0 Å². The molecule has 4 nitrogen and oxygen atoms in total. The van der Waals surface area contributed by atoms with E-state index in [1.165, 1.54) is 0 Å². The van der Waals surface area contributed by atoms with Crippen molar-refractivity contribution in [3.05, 3.63) is 59.2 Å². The molecule has 0 saturated carbocycles. The number of hydrogen-bond donors (Lipinski definition) is 3. The van der Waals surface area contributed by atoms with E-state index >= 15 is 0 Å². The number of hydrogen-bond acceptors (Lipinski definition) is 3. The summed E-state index contributed by atoms with van der Waals surface area (Å²) < 4.78 is 0. The van der Waals surface area contributed by atoms with E-state index in [1.807, 2.05) is 37.3 Å². The van der Waals surface area contributed by atoms with Gasteiger partial charge in [-0.25, -0.2) is 0 Å². The van der Waals surface area contributed by atoms with Gasteiger partial charge >= 0.3 is 0 Å². The molecule has 0 aliphatic rings. The Morgan fingerprint density at radius 3 is 2.43 bits per heavy atom. The zero-order valence-electron chi connectivity index (χ0n) is 12.6. The van der Waals surface area contributed by atoms with Gasteiger partial charge in [0, 0.05) is 11.3 Å². The summed E-state index contributed by atoms with van der Waals surface area (Å²) in [5, 5.41) is 2.98. The first kappa shape index (κ1) is 15.1. The van der Waals surface area contributed by atoms with E-state index in [1.54, 1.807) is 12.1 Å². The summed E-state index contributed by atoms with van der Waals surface area (Å²) in [5.41, 5.74) is 6.95. The third-order valence-electron chi connectivity index (χ3n) is 3.48. The number of para-hydroxylation sites is 1. The van der Waals surface area contributed by atoms with Crippen molar-refractivity contribution >= 4 is 17.3 Å². The first-order chi connectivity index (χ1) is 10.0. The summed E-state index contributed by atoms with van der Waals surface area (Å²) in [4.78, 5) is 12.4. The molecular formula is C17H21N3O. The van der Waals surface area contributed by atoms with Crippen LogP contribution in [-0.4, -0.2) is 5.91 Å². The molecule has 0 aromatic heterocycles. The molecule has 2 rings (SSSR count). The zero-order chi connectivity index (χ0) is 15.4. The van der Waals surface area contributed by atoms with Gasteiger partial charge in [0.25, 0.3) is 5.91 Å². The molecule has 0 heterocycles. The summed E-state index contributed by atoms with van der Waals surface area (Å²) in [6.45, 7) is 6.13. The van der Waals surface area contributed by atoms with E-state index in [9.17, 15) is 4.79 Å². The van der Waals surface area contributed by atoms with Gasteiger partial charge in [-0.15, -0.1) is 0 Å². The molecule has 4 heteroatoms. The van der Waals surface area contributed by atoms with Crippen LogP contribution in [0, 0.1) is 6.92 Å². The second-order valence-corrected chi connectivity index (χ2v) is 5.37. The van der Waals surface area contributed by atoms with Crippen LogP contribution in [0.1, 0.15) is 41.3 Å². The lowest BCUT2D eigenvalue weighted by molar-refractivity contribution is 0.102. The Hall–Kier alpha value is -2.33. The Bertz CT molecular complexity index is 650. The molecule has 0 bridgehead atoms. The molecule has 0 aliphatic heterocycles. The number of aryl methyl sites for hydroxylation is 1. The number of carbonyl (C=O) groups is 1. The van der Waals surface area contributed by atoms with Gasteiger partial charge in [-0.3, -0.25) is 10.6 Å². The van der Waals surface area contributed by atoms with E-state index in [0.29, 0.717) is 11.5 Å². The zero-order valence-corrected chi connectivity index (χ0v) is 12.6. The molecule has 2 aromatic carbocycles. The maximum atomic E-state index is 12.4. The fraction of sp³-hybridized carbons (Fsp3) is 0.235. The Labute approximate surface area is 125 Å². The summed E-state index contributed by atoms with van der Waals surface area (Å²) in [6.07, 6.45) is 0. The normalized spacial score (nSPS) is 10.5. The highest BCUT2D eigenvalue weighted by Crippen LogP contribution is 2.24. The molecule has 21 heavy (non-hydrogen) atoms. The average molecular weight is 283 g/mol. The van der Waals surface area contributed by atoms with Crippen LogP contribution < -0.4 is 16.6 Å².